The number of hydrogen-bond acceptors (Lipinski definition) is 5. The van der Waals surface area contributed by atoms with Crippen molar-refractivity contribution in [3.8, 4) is 16.9 Å². The van der Waals surface area contributed by atoms with Crippen LogP contribution in [-0.4, -0.2) is 37.6 Å². The van der Waals surface area contributed by atoms with E-state index in [4.69, 9.17) is 9.94 Å². The van der Waals surface area contributed by atoms with Crippen LogP contribution >= 0.6 is 0 Å². The molecule has 2 aromatic rings. The van der Waals surface area contributed by atoms with Crippen LogP contribution in [0.15, 0.2) is 42.5 Å². The summed E-state index contributed by atoms with van der Waals surface area (Å²) in [6.45, 7) is 1.27. The van der Waals surface area contributed by atoms with E-state index in [1.165, 1.54) is 31.6 Å². The van der Waals surface area contributed by atoms with E-state index in [1.54, 1.807) is 24.3 Å². The minimum Gasteiger partial charge on any atom is -0.496 e. The summed E-state index contributed by atoms with van der Waals surface area (Å²) in [4.78, 5) is 11.9. The molecule has 1 unspecified atom stereocenters. The van der Waals surface area contributed by atoms with Gasteiger partial charge in [0, 0.05) is 6.26 Å². The standard InChI is InChI=1S/C19H22FNO5S/c1-19(18(22)21-23,27(3,24)25)11-10-14-4-5-15(12-17(14)26-2)13-6-8-16(20)9-7-13/h4-9,12,23H,10-11H2,1-3H3,(H,21,22). The first-order valence-electron chi connectivity index (χ1n) is 8.19. The number of nitrogens with one attached hydrogen (secondary N) is 1. The van der Waals surface area contributed by atoms with Crippen molar-refractivity contribution in [1.82, 2.24) is 5.48 Å². The van der Waals surface area contributed by atoms with Crippen LogP contribution in [0.4, 0.5) is 4.39 Å². The quantitative estimate of drug-likeness (QED) is 0.556. The zero-order valence-electron chi connectivity index (χ0n) is 15.3. The predicted molar refractivity (Wildman–Crippen MR) is 99.9 cm³/mol. The minimum atomic E-state index is -3.77. The molecule has 2 aromatic carbocycles. The molecule has 0 heterocycles. The lowest BCUT2D eigenvalue weighted by Crippen LogP contribution is -2.49. The van der Waals surface area contributed by atoms with Gasteiger partial charge in [-0.2, -0.15) is 0 Å². The van der Waals surface area contributed by atoms with Crippen molar-refractivity contribution in [1.29, 1.82) is 0 Å². The Kier molecular flexibility index (Phi) is 6.22. The van der Waals surface area contributed by atoms with Gasteiger partial charge < -0.3 is 4.74 Å². The number of rotatable bonds is 7. The Labute approximate surface area is 157 Å². The highest BCUT2D eigenvalue weighted by Gasteiger charge is 2.43. The van der Waals surface area contributed by atoms with Crippen LogP contribution in [0.25, 0.3) is 11.1 Å². The summed E-state index contributed by atoms with van der Waals surface area (Å²) in [6.07, 6.45) is 1.16. The highest BCUT2D eigenvalue weighted by atomic mass is 32.2. The zero-order valence-corrected chi connectivity index (χ0v) is 16.1. The molecule has 0 saturated heterocycles. The van der Waals surface area contributed by atoms with Crippen molar-refractivity contribution in [2.24, 2.45) is 0 Å². The van der Waals surface area contributed by atoms with Crippen molar-refractivity contribution >= 4 is 15.7 Å². The molecule has 6 nitrogen and oxygen atoms in total. The van der Waals surface area contributed by atoms with Crippen LogP contribution in [0.3, 0.4) is 0 Å². The Hall–Kier alpha value is -2.45. The fraction of sp³-hybridized carbons (Fsp3) is 0.316. The average molecular weight is 395 g/mol. The molecule has 1 atom stereocenters. The molecular formula is C19H22FNO5S. The number of benzene rings is 2. The molecule has 2 N–H and O–H groups in total. The van der Waals surface area contributed by atoms with Crippen LogP contribution in [0.2, 0.25) is 0 Å². The van der Waals surface area contributed by atoms with E-state index < -0.39 is 20.5 Å². The van der Waals surface area contributed by atoms with Crippen LogP contribution in [0, 0.1) is 5.82 Å². The van der Waals surface area contributed by atoms with E-state index in [0.717, 1.165) is 17.4 Å². The monoisotopic (exact) mass is 395 g/mol. The van der Waals surface area contributed by atoms with Crippen LogP contribution in [0.5, 0.6) is 5.75 Å². The molecule has 2 rings (SSSR count). The summed E-state index contributed by atoms with van der Waals surface area (Å²) in [5.74, 6) is -0.784. The van der Waals surface area contributed by atoms with Gasteiger partial charge in [-0.15, -0.1) is 0 Å². The van der Waals surface area contributed by atoms with E-state index >= 15 is 0 Å². The highest BCUT2D eigenvalue weighted by molar-refractivity contribution is 7.92. The third-order valence-electron chi connectivity index (χ3n) is 4.74. The second-order valence-electron chi connectivity index (χ2n) is 6.48. The molecule has 0 spiro atoms. The maximum absolute atomic E-state index is 13.1. The number of carbonyl (C=O) groups is 1. The Bertz CT molecular complexity index is 928. The summed E-state index contributed by atoms with van der Waals surface area (Å²) >= 11 is 0. The maximum atomic E-state index is 13.1. The van der Waals surface area contributed by atoms with Gasteiger partial charge in [0.05, 0.1) is 7.11 Å². The lowest BCUT2D eigenvalue weighted by atomic mass is 9.96. The van der Waals surface area contributed by atoms with E-state index in [9.17, 15) is 17.6 Å². The molecular weight excluding hydrogens is 373 g/mol. The van der Waals surface area contributed by atoms with Crippen molar-refractivity contribution in [3.05, 3.63) is 53.8 Å². The molecule has 0 bridgehead atoms. The number of sulfone groups is 1. The largest absolute Gasteiger partial charge is 0.496 e. The Morgan fingerprint density at radius 2 is 1.78 bits per heavy atom. The molecule has 0 fully saturated rings. The van der Waals surface area contributed by atoms with Gasteiger partial charge in [-0.3, -0.25) is 10.0 Å². The van der Waals surface area contributed by atoms with Gasteiger partial charge in [-0.05, 0) is 54.7 Å². The Morgan fingerprint density at radius 1 is 1.19 bits per heavy atom. The molecule has 0 saturated carbocycles. The number of amides is 1. The Balaban J connectivity index is 2.31. The number of carbonyl (C=O) groups excluding carboxylic acids is 1. The number of hydroxylamine groups is 1. The van der Waals surface area contributed by atoms with Gasteiger partial charge in [0.2, 0.25) is 0 Å². The van der Waals surface area contributed by atoms with Gasteiger partial charge in [0.1, 0.15) is 16.3 Å². The average Bonchev–Trinajstić information content (AvgIpc) is 2.64. The fourth-order valence-corrected chi connectivity index (χ4v) is 3.59. The molecule has 0 aliphatic heterocycles. The molecule has 1 amide bonds. The van der Waals surface area contributed by atoms with Gasteiger partial charge in [0.25, 0.3) is 5.91 Å². The van der Waals surface area contributed by atoms with E-state index in [2.05, 4.69) is 0 Å². The van der Waals surface area contributed by atoms with Crippen molar-refractivity contribution in [3.63, 3.8) is 0 Å². The second-order valence-corrected chi connectivity index (χ2v) is 8.92. The van der Waals surface area contributed by atoms with E-state index in [-0.39, 0.29) is 18.7 Å². The number of halogens is 1. The molecule has 0 aromatic heterocycles. The first kappa shape index (κ1) is 20.9. The normalized spacial score (nSPS) is 13.7. The second kappa shape index (κ2) is 8.06. The van der Waals surface area contributed by atoms with E-state index in [1.807, 2.05) is 6.07 Å². The van der Waals surface area contributed by atoms with Crippen LogP contribution in [-0.2, 0) is 21.1 Å². The van der Waals surface area contributed by atoms with Crippen molar-refractivity contribution in [2.45, 2.75) is 24.5 Å². The molecule has 0 aliphatic rings. The van der Waals surface area contributed by atoms with Gasteiger partial charge in [0.15, 0.2) is 9.84 Å². The topological polar surface area (TPSA) is 92.7 Å². The molecule has 8 heteroatoms. The first-order chi connectivity index (χ1) is 12.6. The SMILES string of the molecule is COc1cc(-c2ccc(F)cc2)ccc1CCC(C)(C(=O)NO)S(C)(=O)=O. The molecule has 27 heavy (non-hydrogen) atoms. The van der Waals surface area contributed by atoms with Gasteiger partial charge >= 0.3 is 0 Å². The molecule has 0 radical (unpaired) electrons. The lowest BCUT2D eigenvalue weighted by molar-refractivity contribution is -0.131. The molecule has 146 valence electrons. The summed E-state index contributed by atoms with van der Waals surface area (Å²) in [5.41, 5.74) is 3.77. The minimum absolute atomic E-state index is 0.0372. The predicted octanol–water partition coefficient (Wildman–Crippen LogP) is 2.74. The number of hydrogen-bond donors (Lipinski definition) is 2. The van der Waals surface area contributed by atoms with Gasteiger partial charge in [-0.25, -0.2) is 18.3 Å². The third-order valence-corrected chi connectivity index (χ3v) is 6.76. The summed E-state index contributed by atoms with van der Waals surface area (Å²) in [7, 11) is -2.28. The summed E-state index contributed by atoms with van der Waals surface area (Å²) in [5, 5.41) is 8.90. The highest BCUT2D eigenvalue weighted by Crippen LogP contribution is 2.31. The van der Waals surface area contributed by atoms with Crippen molar-refractivity contribution in [2.75, 3.05) is 13.4 Å². The lowest BCUT2D eigenvalue weighted by Gasteiger charge is -2.25. The summed E-state index contributed by atoms with van der Waals surface area (Å²) < 4.78 is 40.8. The van der Waals surface area contributed by atoms with Crippen molar-refractivity contribution < 1.29 is 27.5 Å². The third kappa shape index (κ3) is 4.45. The zero-order chi connectivity index (χ0) is 20.2. The Morgan fingerprint density at radius 3 is 2.30 bits per heavy atom. The van der Waals surface area contributed by atoms with Crippen LogP contribution < -0.4 is 10.2 Å². The molecule has 0 aliphatic carbocycles. The summed E-state index contributed by atoms with van der Waals surface area (Å²) in [6, 6.07) is 11.4. The maximum Gasteiger partial charge on any atom is 0.264 e. The van der Waals surface area contributed by atoms with Gasteiger partial charge in [-0.1, -0.05) is 24.3 Å². The van der Waals surface area contributed by atoms with Crippen LogP contribution in [0.1, 0.15) is 18.9 Å². The fourth-order valence-electron chi connectivity index (χ4n) is 2.73. The first-order valence-corrected chi connectivity index (χ1v) is 10.1. The van der Waals surface area contributed by atoms with E-state index in [0.29, 0.717) is 11.3 Å². The number of ether oxygens (including phenoxy) is 1. The number of methoxy groups -OCH3 is 1. The number of aryl methyl sites for hydroxylation is 1. The smallest absolute Gasteiger partial charge is 0.264 e.